The lowest BCUT2D eigenvalue weighted by Crippen LogP contribution is -2.06. The van der Waals surface area contributed by atoms with Crippen molar-refractivity contribution in [2.45, 2.75) is 5.88 Å². The highest BCUT2D eigenvalue weighted by Crippen LogP contribution is 2.23. The van der Waals surface area contributed by atoms with Crippen LogP contribution in [0.2, 0.25) is 5.02 Å². The van der Waals surface area contributed by atoms with E-state index in [1.165, 1.54) is 0 Å². The quantitative estimate of drug-likeness (QED) is 0.838. The molecule has 7 heteroatoms. The molecule has 0 fully saturated rings. The van der Waals surface area contributed by atoms with Gasteiger partial charge in [0.1, 0.15) is 0 Å². The highest BCUT2D eigenvalue weighted by Gasteiger charge is 2.05. The van der Waals surface area contributed by atoms with E-state index in [4.69, 9.17) is 28.9 Å². The molecule has 17 heavy (non-hydrogen) atoms. The van der Waals surface area contributed by atoms with Crippen LogP contribution in [0, 0.1) is 0 Å². The molecule has 88 valence electrons. The van der Waals surface area contributed by atoms with Gasteiger partial charge in [-0.15, -0.1) is 11.6 Å². The fraction of sp³-hybridized carbons (Fsp3) is 0.100. The molecule has 2 rings (SSSR count). The van der Waals surface area contributed by atoms with Crippen LogP contribution < -0.4 is 11.1 Å². The van der Waals surface area contributed by atoms with E-state index in [0.29, 0.717) is 22.5 Å². The Labute approximate surface area is 108 Å². The van der Waals surface area contributed by atoms with Gasteiger partial charge in [0.05, 0.1) is 16.6 Å². The number of nitrogens with two attached hydrogens (primary N) is 1. The molecule has 0 saturated carbocycles. The van der Waals surface area contributed by atoms with Crippen LogP contribution in [-0.2, 0) is 5.88 Å². The van der Waals surface area contributed by atoms with Gasteiger partial charge in [0.25, 0.3) is 0 Å². The van der Waals surface area contributed by atoms with Crippen molar-refractivity contribution in [3.8, 4) is 0 Å². The van der Waals surface area contributed by atoms with Gasteiger partial charge in [0, 0.05) is 0 Å². The molecule has 0 atom stereocenters. The van der Waals surface area contributed by atoms with Crippen molar-refractivity contribution < 1.29 is 0 Å². The summed E-state index contributed by atoms with van der Waals surface area (Å²) in [6, 6.07) is 7.25. The second kappa shape index (κ2) is 5.16. The van der Waals surface area contributed by atoms with Crippen molar-refractivity contribution in [1.29, 1.82) is 0 Å². The van der Waals surface area contributed by atoms with Crippen molar-refractivity contribution in [2.24, 2.45) is 0 Å². The number of rotatable bonds is 3. The van der Waals surface area contributed by atoms with Gasteiger partial charge in [0.15, 0.2) is 5.82 Å². The first-order valence-corrected chi connectivity index (χ1v) is 5.68. The van der Waals surface area contributed by atoms with Gasteiger partial charge in [-0.05, 0) is 12.1 Å². The maximum absolute atomic E-state index is 6.00. The monoisotopic (exact) mass is 269 g/mol. The Morgan fingerprint density at radius 3 is 2.65 bits per heavy atom. The molecule has 0 radical (unpaired) electrons. The average molecular weight is 270 g/mol. The van der Waals surface area contributed by atoms with Crippen molar-refractivity contribution >= 4 is 40.8 Å². The van der Waals surface area contributed by atoms with Gasteiger partial charge in [-0.2, -0.15) is 15.0 Å². The zero-order chi connectivity index (χ0) is 12.3. The van der Waals surface area contributed by atoms with E-state index in [-0.39, 0.29) is 11.8 Å². The fourth-order valence-corrected chi connectivity index (χ4v) is 1.54. The molecule has 1 heterocycles. The number of nitrogen functional groups attached to an aromatic ring is 1. The van der Waals surface area contributed by atoms with Crippen LogP contribution >= 0.6 is 23.2 Å². The second-order valence-electron chi connectivity index (χ2n) is 3.17. The topological polar surface area (TPSA) is 76.7 Å². The third-order valence-corrected chi connectivity index (χ3v) is 2.51. The largest absolute Gasteiger partial charge is 0.368 e. The summed E-state index contributed by atoms with van der Waals surface area (Å²) in [4.78, 5) is 11.9. The van der Waals surface area contributed by atoms with Crippen LogP contribution in [0.1, 0.15) is 5.82 Å². The Morgan fingerprint density at radius 1 is 1.18 bits per heavy atom. The summed E-state index contributed by atoms with van der Waals surface area (Å²) < 4.78 is 0. The van der Waals surface area contributed by atoms with Crippen molar-refractivity contribution in [3.63, 3.8) is 0 Å². The molecule has 0 saturated heterocycles. The van der Waals surface area contributed by atoms with E-state index in [1.807, 2.05) is 18.2 Å². The van der Waals surface area contributed by atoms with Crippen molar-refractivity contribution in [1.82, 2.24) is 15.0 Å². The molecule has 2 aromatic rings. The molecule has 1 aromatic carbocycles. The molecule has 1 aromatic heterocycles. The van der Waals surface area contributed by atoms with Crippen LogP contribution in [0.5, 0.6) is 0 Å². The Kier molecular flexibility index (Phi) is 3.61. The van der Waals surface area contributed by atoms with E-state index in [1.54, 1.807) is 6.07 Å². The smallest absolute Gasteiger partial charge is 0.232 e. The normalized spacial score (nSPS) is 10.2. The highest BCUT2D eigenvalue weighted by molar-refractivity contribution is 6.33. The predicted octanol–water partition coefficient (Wildman–Crippen LogP) is 2.59. The van der Waals surface area contributed by atoms with Crippen LogP contribution in [-0.4, -0.2) is 15.0 Å². The Bertz CT molecular complexity index is 532. The lowest BCUT2D eigenvalue weighted by Gasteiger charge is -2.07. The fourth-order valence-electron chi connectivity index (χ4n) is 1.24. The number of nitrogens with one attached hydrogen (secondary N) is 1. The first-order chi connectivity index (χ1) is 8.19. The zero-order valence-corrected chi connectivity index (χ0v) is 10.2. The molecule has 0 aliphatic rings. The van der Waals surface area contributed by atoms with Crippen molar-refractivity contribution in [2.75, 3.05) is 11.1 Å². The standard InChI is InChI=1S/C10H9Cl2N5/c11-5-8-15-9(13)17-10(16-8)14-7-4-2-1-3-6(7)12/h1-4H,5H2,(H3,13,14,15,16,17). The number of halogens is 2. The third-order valence-electron chi connectivity index (χ3n) is 1.94. The molecule has 0 aliphatic carbocycles. The average Bonchev–Trinajstić information content (AvgIpc) is 2.31. The summed E-state index contributed by atoms with van der Waals surface area (Å²) in [6.07, 6.45) is 0. The maximum Gasteiger partial charge on any atom is 0.232 e. The Balaban J connectivity index is 2.30. The molecule has 0 unspecified atom stereocenters. The summed E-state index contributed by atoms with van der Waals surface area (Å²) in [7, 11) is 0. The molecule has 0 aliphatic heterocycles. The second-order valence-corrected chi connectivity index (χ2v) is 3.85. The number of aromatic nitrogens is 3. The van der Waals surface area contributed by atoms with Gasteiger partial charge in [-0.1, -0.05) is 23.7 Å². The molecule has 3 N–H and O–H groups in total. The summed E-state index contributed by atoms with van der Waals surface area (Å²) in [5, 5.41) is 3.52. The van der Waals surface area contributed by atoms with Gasteiger partial charge in [0.2, 0.25) is 11.9 Å². The van der Waals surface area contributed by atoms with Gasteiger partial charge in [-0.25, -0.2) is 0 Å². The number of alkyl halides is 1. The molecular formula is C10H9Cl2N5. The SMILES string of the molecule is Nc1nc(CCl)nc(Nc2ccccc2Cl)n1. The number of benzene rings is 1. The maximum atomic E-state index is 6.00. The van der Waals surface area contributed by atoms with E-state index in [2.05, 4.69) is 20.3 Å². The van der Waals surface area contributed by atoms with Gasteiger partial charge >= 0.3 is 0 Å². The van der Waals surface area contributed by atoms with E-state index >= 15 is 0 Å². The molecular weight excluding hydrogens is 261 g/mol. The Morgan fingerprint density at radius 2 is 1.94 bits per heavy atom. The van der Waals surface area contributed by atoms with Crippen LogP contribution in [0.3, 0.4) is 0 Å². The molecule has 0 spiro atoms. The first-order valence-electron chi connectivity index (χ1n) is 4.77. The van der Waals surface area contributed by atoms with Crippen LogP contribution in [0.15, 0.2) is 24.3 Å². The predicted molar refractivity (Wildman–Crippen MR) is 68.5 cm³/mol. The lowest BCUT2D eigenvalue weighted by molar-refractivity contribution is 0.979. The lowest BCUT2D eigenvalue weighted by atomic mass is 10.3. The number of anilines is 3. The summed E-state index contributed by atoms with van der Waals surface area (Å²) in [6.45, 7) is 0. The highest BCUT2D eigenvalue weighted by atomic mass is 35.5. The number of hydrogen-bond acceptors (Lipinski definition) is 5. The molecule has 5 nitrogen and oxygen atoms in total. The zero-order valence-electron chi connectivity index (χ0n) is 8.69. The molecule has 0 bridgehead atoms. The minimum atomic E-state index is 0.116. The number of para-hydroxylation sites is 1. The van der Waals surface area contributed by atoms with E-state index < -0.39 is 0 Å². The summed E-state index contributed by atoms with van der Waals surface area (Å²) in [5.74, 6) is 1.02. The van der Waals surface area contributed by atoms with Crippen LogP contribution in [0.25, 0.3) is 0 Å². The summed E-state index contributed by atoms with van der Waals surface area (Å²) in [5.41, 5.74) is 6.23. The van der Waals surface area contributed by atoms with Gasteiger partial charge in [-0.3, -0.25) is 0 Å². The van der Waals surface area contributed by atoms with Gasteiger partial charge < -0.3 is 11.1 Å². The Hall–Kier alpha value is -1.59. The minimum absolute atomic E-state index is 0.116. The van der Waals surface area contributed by atoms with Crippen molar-refractivity contribution in [3.05, 3.63) is 35.1 Å². The minimum Gasteiger partial charge on any atom is -0.368 e. The third kappa shape index (κ3) is 2.95. The van der Waals surface area contributed by atoms with E-state index in [0.717, 1.165) is 0 Å². The first kappa shape index (κ1) is 11.9. The van der Waals surface area contributed by atoms with Crippen LogP contribution in [0.4, 0.5) is 17.6 Å². The number of hydrogen-bond donors (Lipinski definition) is 2. The summed E-state index contributed by atoms with van der Waals surface area (Å²) >= 11 is 11.6. The van der Waals surface area contributed by atoms with E-state index in [9.17, 15) is 0 Å². The molecule has 0 amide bonds. The number of nitrogens with zero attached hydrogens (tertiary/aromatic N) is 3.